The molecule has 4 aromatic rings. The van der Waals surface area contributed by atoms with E-state index in [0.717, 1.165) is 48.4 Å². The van der Waals surface area contributed by atoms with Crippen LogP contribution in [0.15, 0.2) is 73.0 Å². The summed E-state index contributed by atoms with van der Waals surface area (Å²) in [5, 5.41) is 15.9. The number of aromatic nitrogens is 2. The molecule has 9 nitrogen and oxygen atoms in total. The van der Waals surface area contributed by atoms with Crippen LogP contribution in [-0.4, -0.2) is 45.1 Å². The van der Waals surface area contributed by atoms with Gasteiger partial charge in [-0.1, -0.05) is 31.1 Å². The van der Waals surface area contributed by atoms with Crippen molar-refractivity contribution in [3.05, 3.63) is 95.5 Å². The van der Waals surface area contributed by atoms with Crippen LogP contribution in [0.1, 0.15) is 65.9 Å². The molecule has 1 fully saturated rings. The number of rotatable bonds is 9. The van der Waals surface area contributed by atoms with Crippen LogP contribution in [0, 0.1) is 5.82 Å². The minimum atomic E-state index is -1.20. The van der Waals surface area contributed by atoms with Crippen LogP contribution in [0.25, 0.3) is 28.4 Å². The molecule has 1 saturated carbocycles. The molecular weight excluding hydrogens is 587 g/mol. The Morgan fingerprint density at radius 1 is 1.07 bits per heavy atom. The zero-order chi connectivity index (χ0) is 32.4. The van der Waals surface area contributed by atoms with Crippen molar-refractivity contribution in [2.75, 3.05) is 12.4 Å². The molecular formula is C36H35FN4O5. The van der Waals surface area contributed by atoms with Crippen LogP contribution in [0.2, 0.25) is 0 Å². The van der Waals surface area contributed by atoms with Gasteiger partial charge in [0, 0.05) is 46.9 Å². The quantitative estimate of drug-likeness (QED) is 0.143. The molecule has 2 heterocycles. The number of carbonyl (C=O) groups is 3. The lowest BCUT2D eigenvalue weighted by atomic mass is 9.92. The van der Waals surface area contributed by atoms with Gasteiger partial charge >= 0.3 is 5.97 Å². The van der Waals surface area contributed by atoms with Gasteiger partial charge < -0.3 is 25.0 Å². The molecule has 0 radical (unpaired) electrons. The predicted octanol–water partition coefficient (Wildman–Crippen LogP) is 6.60. The summed E-state index contributed by atoms with van der Waals surface area (Å²) in [6.07, 6.45) is 12.4. The Balaban J connectivity index is 1.29. The smallest absolute Gasteiger partial charge is 0.328 e. The fourth-order valence-electron chi connectivity index (χ4n) is 6.68. The number of nitrogens with one attached hydrogen (secondary N) is 2. The number of fused-ring (bicyclic) bond motifs is 1. The van der Waals surface area contributed by atoms with E-state index < -0.39 is 17.3 Å². The van der Waals surface area contributed by atoms with E-state index in [1.165, 1.54) is 31.0 Å². The Morgan fingerprint density at radius 3 is 2.50 bits per heavy atom. The second-order valence-corrected chi connectivity index (χ2v) is 11.9. The van der Waals surface area contributed by atoms with Gasteiger partial charge in [0.15, 0.2) is 0 Å². The molecule has 236 valence electrons. The van der Waals surface area contributed by atoms with Crippen molar-refractivity contribution in [1.29, 1.82) is 0 Å². The van der Waals surface area contributed by atoms with E-state index in [1.54, 1.807) is 30.3 Å². The van der Waals surface area contributed by atoms with Gasteiger partial charge in [-0.05, 0) is 79.6 Å². The number of aryl methyl sites for hydroxylation is 1. The van der Waals surface area contributed by atoms with Crippen LogP contribution >= 0.6 is 0 Å². The molecule has 0 spiro atoms. The molecule has 2 aliphatic rings. The van der Waals surface area contributed by atoms with Crippen LogP contribution in [0.5, 0.6) is 5.75 Å². The Bertz CT molecular complexity index is 1880. The second kappa shape index (κ2) is 12.6. The molecule has 0 aliphatic heterocycles. The average Bonchev–Trinajstić information content (AvgIpc) is 3.81. The van der Waals surface area contributed by atoms with Crippen LogP contribution < -0.4 is 15.4 Å². The van der Waals surface area contributed by atoms with Gasteiger partial charge in [0.2, 0.25) is 0 Å². The number of carboxylic acids is 1. The lowest BCUT2D eigenvalue weighted by molar-refractivity contribution is -0.131. The molecule has 0 saturated heterocycles. The summed E-state index contributed by atoms with van der Waals surface area (Å²) in [6, 6.07) is 13.6. The largest absolute Gasteiger partial charge is 0.496 e. The number of anilines is 1. The van der Waals surface area contributed by atoms with Gasteiger partial charge in [-0.2, -0.15) is 0 Å². The number of pyridine rings is 1. The minimum absolute atomic E-state index is 0.319. The highest BCUT2D eigenvalue weighted by Crippen LogP contribution is 2.44. The maximum Gasteiger partial charge on any atom is 0.328 e. The molecule has 3 N–H and O–H groups in total. The van der Waals surface area contributed by atoms with E-state index in [1.807, 2.05) is 35.9 Å². The number of aliphatic carboxylic acids is 1. The third-order valence-electron chi connectivity index (χ3n) is 9.02. The molecule has 2 aromatic carbocycles. The topological polar surface area (TPSA) is 123 Å². The number of carbonyl (C=O) groups excluding carboxylic acids is 2. The van der Waals surface area contributed by atoms with Crippen LogP contribution in [0.3, 0.4) is 0 Å². The number of amides is 2. The van der Waals surface area contributed by atoms with E-state index in [0.29, 0.717) is 47.0 Å². The van der Waals surface area contributed by atoms with Crippen LogP contribution in [-0.2, 0) is 16.6 Å². The third-order valence-corrected chi connectivity index (χ3v) is 9.02. The minimum Gasteiger partial charge on any atom is -0.496 e. The van der Waals surface area contributed by atoms with Crippen molar-refractivity contribution in [2.45, 2.75) is 50.0 Å². The maximum atomic E-state index is 13.8. The van der Waals surface area contributed by atoms with Gasteiger partial charge in [0.25, 0.3) is 11.8 Å². The monoisotopic (exact) mass is 622 g/mol. The molecule has 2 aromatic heterocycles. The van der Waals surface area contributed by atoms with E-state index in [9.17, 15) is 18.8 Å². The highest BCUT2D eigenvalue weighted by Gasteiger charge is 2.41. The number of carboxylic acid groups (broad SMARTS) is 1. The fourth-order valence-corrected chi connectivity index (χ4v) is 6.68. The SMILES string of the molecule is COc1cc(NC(=O)C2(NC(=O)c3ccc4c(C5CCCC5)c(-c5ccc(F)cn5)n(C)c4c3)CC=CC2)ccc1/C=C/C(=O)O. The number of hydrogen-bond acceptors (Lipinski definition) is 5. The van der Waals surface area contributed by atoms with Crippen molar-refractivity contribution in [3.8, 4) is 17.1 Å². The van der Waals surface area contributed by atoms with Crippen molar-refractivity contribution < 1.29 is 28.6 Å². The number of halogens is 1. The predicted molar refractivity (Wildman–Crippen MR) is 174 cm³/mol. The number of ether oxygens (including phenoxy) is 1. The van der Waals surface area contributed by atoms with Crippen molar-refractivity contribution in [2.24, 2.45) is 7.05 Å². The second-order valence-electron chi connectivity index (χ2n) is 11.9. The van der Waals surface area contributed by atoms with E-state index >= 15 is 0 Å². The van der Waals surface area contributed by atoms with Gasteiger partial charge in [0.05, 0.1) is 24.7 Å². The number of methoxy groups -OCH3 is 1. The molecule has 46 heavy (non-hydrogen) atoms. The summed E-state index contributed by atoms with van der Waals surface area (Å²) in [7, 11) is 3.40. The van der Waals surface area contributed by atoms with E-state index in [-0.39, 0.29) is 11.8 Å². The molecule has 2 amide bonds. The van der Waals surface area contributed by atoms with Crippen LogP contribution in [0.4, 0.5) is 10.1 Å². The summed E-state index contributed by atoms with van der Waals surface area (Å²) in [5.74, 6) is -1.50. The maximum absolute atomic E-state index is 13.8. The molecule has 0 unspecified atom stereocenters. The summed E-state index contributed by atoms with van der Waals surface area (Å²) >= 11 is 0. The first-order valence-corrected chi connectivity index (χ1v) is 15.3. The normalized spacial score (nSPS) is 15.9. The molecule has 6 rings (SSSR count). The molecule has 2 aliphatic carbocycles. The first-order valence-electron chi connectivity index (χ1n) is 15.3. The summed E-state index contributed by atoms with van der Waals surface area (Å²) in [4.78, 5) is 42.8. The number of nitrogens with zero attached hydrogens (tertiary/aromatic N) is 2. The highest BCUT2D eigenvalue weighted by molar-refractivity contribution is 6.06. The van der Waals surface area contributed by atoms with E-state index in [2.05, 4.69) is 15.6 Å². The highest BCUT2D eigenvalue weighted by atomic mass is 19.1. The Hall–Kier alpha value is -5.25. The van der Waals surface area contributed by atoms with Gasteiger partial charge in [0.1, 0.15) is 17.1 Å². The molecule has 0 atom stereocenters. The third kappa shape index (κ3) is 5.90. The first-order chi connectivity index (χ1) is 22.2. The van der Waals surface area contributed by atoms with Crippen molar-refractivity contribution >= 4 is 40.4 Å². The standard InChI is InChI=1S/C36H35FN4O5/c1-41-29-19-24(10-14-27(29)32(23-7-3-4-8-23)33(41)28-15-12-25(37)21-38-28)34(44)40-36(17-5-6-18-36)35(45)39-26-13-9-22(11-16-31(42)43)30(20-26)46-2/h5-6,9-16,19-21,23H,3-4,7-8,17-18H2,1-2H3,(H,39,45)(H,40,44)(H,42,43)/b16-11+. The Morgan fingerprint density at radius 2 is 1.83 bits per heavy atom. The van der Waals surface area contributed by atoms with E-state index in [4.69, 9.17) is 9.84 Å². The van der Waals surface area contributed by atoms with Crippen molar-refractivity contribution in [3.63, 3.8) is 0 Å². The molecule has 0 bridgehead atoms. The van der Waals surface area contributed by atoms with Crippen molar-refractivity contribution in [1.82, 2.24) is 14.9 Å². The Labute approximate surface area is 265 Å². The average molecular weight is 623 g/mol. The zero-order valence-corrected chi connectivity index (χ0v) is 25.7. The Kier molecular flexibility index (Phi) is 8.44. The lowest BCUT2D eigenvalue weighted by Gasteiger charge is -2.29. The lowest BCUT2D eigenvalue weighted by Crippen LogP contribution is -2.55. The summed E-state index contributed by atoms with van der Waals surface area (Å²) < 4.78 is 21.2. The number of benzene rings is 2. The van der Waals surface area contributed by atoms with Gasteiger partial charge in [-0.3, -0.25) is 14.6 Å². The zero-order valence-electron chi connectivity index (χ0n) is 25.7. The summed E-state index contributed by atoms with van der Waals surface area (Å²) in [6.45, 7) is 0. The molecule has 10 heteroatoms. The fraction of sp³-hybridized carbons (Fsp3) is 0.278. The number of hydrogen-bond donors (Lipinski definition) is 3. The first kappa shape index (κ1) is 30.8. The van der Waals surface area contributed by atoms with Gasteiger partial charge in [-0.15, -0.1) is 0 Å². The van der Waals surface area contributed by atoms with Gasteiger partial charge in [-0.25, -0.2) is 9.18 Å². The summed E-state index contributed by atoms with van der Waals surface area (Å²) in [5.41, 5.74) is 3.85.